The topological polar surface area (TPSA) is 128 Å². The molecule has 2 atom stereocenters. The van der Waals surface area contributed by atoms with Crippen LogP contribution in [0.15, 0.2) is 36.7 Å². The second-order valence-electron chi connectivity index (χ2n) is 9.55. The summed E-state index contributed by atoms with van der Waals surface area (Å²) in [6, 6.07) is 8.42. The van der Waals surface area contributed by atoms with Crippen molar-refractivity contribution in [2.24, 2.45) is 5.92 Å². The van der Waals surface area contributed by atoms with E-state index >= 15 is 0 Å². The first-order valence-corrected chi connectivity index (χ1v) is 13.1. The van der Waals surface area contributed by atoms with Gasteiger partial charge in [0, 0.05) is 43.5 Å². The van der Waals surface area contributed by atoms with E-state index in [4.69, 9.17) is 16.1 Å². The number of anilines is 2. The molecule has 3 aromatic rings. The molecule has 2 saturated heterocycles. The number of fused-ring (bicyclic) bond motifs is 1. The van der Waals surface area contributed by atoms with E-state index in [1.54, 1.807) is 4.90 Å². The third kappa shape index (κ3) is 6.06. The molecule has 9 nitrogen and oxygen atoms in total. The molecule has 2 aliphatic heterocycles. The van der Waals surface area contributed by atoms with Gasteiger partial charge in [-0.2, -0.15) is 0 Å². The number of carbonyl (C=O) groups excluding carboxylic acids is 2. The Labute approximate surface area is 215 Å². The Kier molecular flexibility index (Phi) is 8.27. The van der Waals surface area contributed by atoms with Crippen molar-refractivity contribution < 1.29 is 9.59 Å². The lowest BCUT2D eigenvalue weighted by Gasteiger charge is -2.30. The highest BCUT2D eigenvalue weighted by atomic mass is 32.1. The van der Waals surface area contributed by atoms with E-state index in [9.17, 15) is 9.59 Å². The number of likely N-dealkylation sites (N-methyl/N-ethyl adjacent to an activating group) is 1. The SMILES string of the molecule is CC1CCCN(C(=O)C(=O)Nc2cncc(C=N)c2N)C1.CN1CCC(c2nc3ccccc3s2)C1. The zero-order chi connectivity index (χ0) is 25.7. The summed E-state index contributed by atoms with van der Waals surface area (Å²) >= 11 is 1.86. The number of nitrogens with two attached hydrogens (primary N) is 1. The number of nitrogen functional groups attached to an aromatic ring is 1. The van der Waals surface area contributed by atoms with Crippen LogP contribution in [0.5, 0.6) is 0 Å². The second kappa shape index (κ2) is 11.6. The number of carbonyl (C=O) groups is 2. The average Bonchev–Trinajstić information content (AvgIpc) is 3.51. The number of amides is 2. The third-order valence-electron chi connectivity index (χ3n) is 6.61. The number of benzene rings is 1. The standard InChI is InChI=1S/C14H19N5O2.C12H14N2S/c1-9-3-2-4-19(8-9)14(21)13(20)18-11-7-17-6-10(5-15)12(11)16;1-14-7-6-9(8-14)12-13-10-4-2-3-5-11(10)15-12/h5-7,9,15H,2-4,8H2,1H3,(H2,16,17)(H,18,20);2-5,9H,6-8H2,1H3. The predicted octanol–water partition coefficient (Wildman–Crippen LogP) is 3.57. The molecule has 0 aliphatic carbocycles. The molecule has 4 N–H and O–H groups in total. The normalized spacial score (nSPS) is 20.0. The Morgan fingerprint density at radius 1 is 1.19 bits per heavy atom. The molecule has 4 heterocycles. The zero-order valence-corrected chi connectivity index (χ0v) is 21.6. The molecule has 2 aromatic heterocycles. The number of para-hydroxylation sites is 1. The number of pyridine rings is 1. The van der Waals surface area contributed by atoms with Crippen LogP contribution < -0.4 is 11.1 Å². The monoisotopic (exact) mass is 507 g/mol. The van der Waals surface area contributed by atoms with Crippen molar-refractivity contribution in [3.05, 3.63) is 47.2 Å². The van der Waals surface area contributed by atoms with E-state index in [-0.39, 0.29) is 11.4 Å². The molecule has 0 bridgehead atoms. The van der Waals surface area contributed by atoms with Crippen molar-refractivity contribution in [2.75, 3.05) is 44.3 Å². The summed E-state index contributed by atoms with van der Waals surface area (Å²) in [4.78, 5) is 36.7. The van der Waals surface area contributed by atoms with Crippen molar-refractivity contribution in [3.8, 4) is 0 Å². The fourth-order valence-corrected chi connectivity index (χ4v) is 5.69. The molecule has 2 amide bonds. The van der Waals surface area contributed by atoms with E-state index in [1.165, 1.54) is 41.6 Å². The van der Waals surface area contributed by atoms with Gasteiger partial charge in [-0.3, -0.25) is 14.6 Å². The van der Waals surface area contributed by atoms with Gasteiger partial charge in [-0.15, -0.1) is 11.3 Å². The minimum atomic E-state index is -0.722. The van der Waals surface area contributed by atoms with Crippen molar-refractivity contribution in [1.82, 2.24) is 19.8 Å². The third-order valence-corrected chi connectivity index (χ3v) is 7.81. The quantitative estimate of drug-likeness (QED) is 0.367. The molecule has 2 fully saturated rings. The highest BCUT2D eigenvalue weighted by Gasteiger charge is 2.27. The number of nitrogens with zero attached hydrogens (tertiary/aromatic N) is 4. The summed E-state index contributed by atoms with van der Waals surface area (Å²) < 4.78 is 1.32. The predicted molar refractivity (Wildman–Crippen MR) is 145 cm³/mol. The molecule has 2 aliphatic rings. The maximum Gasteiger partial charge on any atom is 0.314 e. The van der Waals surface area contributed by atoms with Crippen molar-refractivity contribution in [3.63, 3.8) is 0 Å². The Morgan fingerprint density at radius 3 is 2.69 bits per heavy atom. The number of piperidine rings is 1. The lowest BCUT2D eigenvalue weighted by atomic mass is 10.0. The zero-order valence-electron chi connectivity index (χ0n) is 20.7. The number of nitrogens with one attached hydrogen (secondary N) is 2. The van der Waals surface area contributed by atoms with Crippen LogP contribution in [-0.4, -0.2) is 71.0 Å². The number of hydrogen-bond donors (Lipinski definition) is 3. The first-order chi connectivity index (χ1) is 17.4. The maximum absolute atomic E-state index is 12.1. The highest BCUT2D eigenvalue weighted by Crippen LogP contribution is 2.32. The largest absolute Gasteiger partial charge is 0.396 e. The van der Waals surface area contributed by atoms with Gasteiger partial charge in [-0.25, -0.2) is 4.98 Å². The summed E-state index contributed by atoms with van der Waals surface area (Å²) in [7, 11) is 2.19. The fourth-order valence-electron chi connectivity index (χ4n) is 4.60. The molecule has 0 saturated carbocycles. The van der Waals surface area contributed by atoms with Gasteiger partial charge >= 0.3 is 11.8 Å². The van der Waals surface area contributed by atoms with Gasteiger partial charge < -0.3 is 26.3 Å². The van der Waals surface area contributed by atoms with Crippen molar-refractivity contribution in [1.29, 1.82) is 5.41 Å². The Morgan fingerprint density at radius 2 is 2.00 bits per heavy atom. The van der Waals surface area contributed by atoms with Crippen LogP contribution >= 0.6 is 11.3 Å². The molecular formula is C26H33N7O2S. The Balaban J connectivity index is 0.000000178. The van der Waals surface area contributed by atoms with Gasteiger partial charge in [0.1, 0.15) is 0 Å². The Bertz CT molecular complexity index is 1210. The molecule has 5 rings (SSSR count). The van der Waals surface area contributed by atoms with E-state index in [2.05, 4.69) is 53.4 Å². The highest BCUT2D eigenvalue weighted by molar-refractivity contribution is 7.18. The molecule has 36 heavy (non-hydrogen) atoms. The molecule has 10 heteroatoms. The van der Waals surface area contributed by atoms with Crippen LogP contribution in [-0.2, 0) is 9.59 Å². The molecule has 2 unspecified atom stereocenters. The van der Waals surface area contributed by atoms with Crippen LogP contribution in [0, 0.1) is 11.3 Å². The van der Waals surface area contributed by atoms with Crippen LogP contribution in [0.1, 0.15) is 42.7 Å². The summed E-state index contributed by atoms with van der Waals surface area (Å²) in [5, 5.41) is 11.0. The van der Waals surface area contributed by atoms with E-state index in [1.807, 2.05) is 11.3 Å². The number of hydrogen-bond acceptors (Lipinski definition) is 8. The maximum atomic E-state index is 12.1. The number of likely N-dealkylation sites (tertiary alicyclic amines) is 2. The second-order valence-corrected chi connectivity index (χ2v) is 10.6. The van der Waals surface area contributed by atoms with Gasteiger partial charge in [0.15, 0.2) is 0 Å². The van der Waals surface area contributed by atoms with E-state index in [0.29, 0.717) is 30.5 Å². The first kappa shape index (κ1) is 25.7. The van der Waals surface area contributed by atoms with Gasteiger partial charge in [0.05, 0.1) is 32.8 Å². The van der Waals surface area contributed by atoms with E-state index in [0.717, 1.165) is 24.6 Å². The van der Waals surface area contributed by atoms with Gasteiger partial charge in [-0.05, 0) is 50.9 Å². The van der Waals surface area contributed by atoms with Gasteiger partial charge in [0.2, 0.25) is 0 Å². The minimum absolute atomic E-state index is 0.230. The summed E-state index contributed by atoms with van der Waals surface area (Å²) in [6.07, 6.45) is 7.08. The lowest BCUT2D eigenvalue weighted by molar-refractivity contribution is -0.144. The van der Waals surface area contributed by atoms with Gasteiger partial charge in [-0.1, -0.05) is 19.1 Å². The fraction of sp³-hybridized carbons (Fsp3) is 0.423. The lowest BCUT2D eigenvalue weighted by Crippen LogP contribution is -2.44. The number of thiazole rings is 1. The van der Waals surface area contributed by atoms with Crippen LogP contribution in [0.25, 0.3) is 10.2 Å². The smallest absolute Gasteiger partial charge is 0.314 e. The summed E-state index contributed by atoms with van der Waals surface area (Å²) in [6.45, 7) is 5.64. The van der Waals surface area contributed by atoms with Crippen molar-refractivity contribution >= 4 is 51.0 Å². The molecule has 0 radical (unpaired) electrons. The Hall–Kier alpha value is -3.37. The molecule has 190 valence electrons. The summed E-state index contributed by atoms with van der Waals surface area (Å²) in [5.41, 5.74) is 7.85. The molecular weight excluding hydrogens is 474 g/mol. The minimum Gasteiger partial charge on any atom is -0.396 e. The van der Waals surface area contributed by atoms with Crippen LogP contribution in [0.2, 0.25) is 0 Å². The first-order valence-electron chi connectivity index (χ1n) is 12.2. The molecule has 0 spiro atoms. The average molecular weight is 508 g/mol. The van der Waals surface area contributed by atoms with Crippen LogP contribution in [0.3, 0.4) is 0 Å². The summed E-state index contributed by atoms with van der Waals surface area (Å²) in [5.74, 6) is -0.211. The van der Waals surface area contributed by atoms with E-state index < -0.39 is 11.8 Å². The molecule has 1 aromatic carbocycles. The van der Waals surface area contributed by atoms with Crippen molar-refractivity contribution in [2.45, 2.75) is 32.1 Å². The van der Waals surface area contributed by atoms with Crippen LogP contribution in [0.4, 0.5) is 11.4 Å². The van der Waals surface area contributed by atoms with Gasteiger partial charge in [0.25, 0.3) is 0 Å². The number of rotatable bonds is 3. The number of aromatic nitrogens is 2.